The minimum absolute atomic E-state index is 0.252. The summed E-state index contributed by atoms with van der Waals surface area (Å²) in [5.41, 5.74) is 0.906. The quantitative estimate of drug-likeness (QED) is 0.389. The molecule has 0 spiro atoms. The molecule has 0 amide bonds. The molecule has 0 N–H and O–H groups in total. The highest BCUT2D eigenvalue weighted by molar-refractivity contribution is 5.13. The molecule has 5 nitrogen and oxygen atoms in total. The lowest BCUT2D eigenvalue weighted by Crippen LogP contribution is -1.84. The molecule has 0 aromatic heterocycles. The van der Waals surface area contributed by atoms with Crippen LogP contribution in [0.15, 0.2) is 40.7 Å². The zero-order chi connectivity index (χ0) is 8.81. The molecule has 1 aromatic carbocycles. The Bertz CT molecular complexity index is 284. The van der Waals surface area contributed by atoms with Crippen LogP contribution in [0.4, 0.5) is 0 Å². The highest BCUT2D eigenvalue weighted by Gasteiger charge is 1.93. The summed E-state index contributed by atoms with van der Waals surface area (Å²) in [4.78, 5) is 9.73. The molecular weight excluding hydrogens is 158 g/mol. The standard InChI is InChI=1S/C7H7N3O2/c11-10(12)9-8-6-7-4-2-1-3-5-7/h1-5H,6H2. The van der Waals surface area contributed by atoms with Crippen molar-refractivity contribution in [2.75, 3.05) is 0 Å². The smallest absolute Gasteiger partial charge is 0.182 e. The molecule has 0 saturated carbocycles. The molecule has 0 atom stereocenters. The molecule has 12 heavy (non-hydrogen) atoms. The van der Waals surface area contributed by atoms with Crippen LogP contribution in [0.5, 0.6) is 0 Å². The van der Waals surface area contributed by atoms with Crippen LogP contribution >= 0.6 is 0 Å². The zero-order valence-electron chi connectivity index (χ0n) is 6.25. The number of nitro groups is 1. The second-order valence-electron chi connectivity index (χ2n) is 2.11. The van der Waals surface area contributed by atoms with Crippen LogP contribution in [-0.2, 0) is 6.54 Å². The third-order valence-electron chi connectivity index (χ3n) is 1.23. The van der Waals surface area contributed by atoms with Gasteiger partial charge in [-0.3, -0.25) is 0 Å². The Morgan fingerprint density at radius 2 is 2.00 bits per heavy atom. The van der Waals surface area contributed by atoms with Gasteiger partial charge in [0, 0.05) is 5.11 Å². The number of hydrogen-bond donors (Lipinski definition) is 0. The van der Waals surface area contributed by atoms with E-state index in [9.17, 15) is 10.1 Å². The fourth-order valence-electron chi connectivity index (χ4n) is 0.748. The van der Waals surface area contributed by atoms with Crippen LogP contribution in [0.1, 0.15) is 5.56 Å². The minimum Gasteiger partial charge on any atom is -0.337 e. The maximum Gasteiger partial charge on any atom is 0.182 e. The lowest BCUT2D eigenvalue weighted by Gasteiger charge is -1.87. The van der Waals surface area contributed by atoms with E-state index >= 15 is 0 Å². The van der Waals surface area contributed by atoms with E-state index in [1.807, 2.05) is 30.3 Å². The molecule has 1 rings (SSSR count). The second kappa shape index (κ2) is 4.17. The van der Waals surface area contributed by atoms with Crippen molar-refractivity contribution in [2.24, 2.45) is 10.3 Å². The fourth-order valence-corrected chi connectivity index (χ4v) is 0.748. The Kier molecular flexibility index (Phi) is 2.89. The first-order valence-electron chi connectivity index (χ1n) is 3.35. The van der Waals surface area contributed by atoms with E-state index in [0.29, 0.717) is 0 Å². The summed E-state index contributed by atoms with van der Waals surface area (Å²) in [6, 6.07) is 9.22. The lowest BCUT2D eigenvalue weighted by molar-refractivity contribution is -0.494. The molecule has 0 unspecified atom stereocenters. The number of rotatable bonds is 3. The third kappa shape index (κ3) is 2.87. The minimum atomic E-state index is -0.817. The molecule has 0 heterocycles. The largest absolute Gasteiger partial charge is 0.337 e. The number of hydrogen-bond acceptors (Lipinski definition) is 3. The molecule has 0 fully saturated rings. The molecule has 1 aromatic rings. The van der Waals surface area contributed by atoms with Gasteiger partial charge in [0.15, 0.2) is 11.8 Å². The summed E-state index contributed by atoms with van der Waals surface area (Å²) in [6.07, 6.45) is 0. The SMILES string of the molecule is O=[N+]([O-])N=NCc1ccccc1. The van der Waals surface area contributed by atoms with E-state index in [0.717, 1.165) is 5.56 Å². The molecule has 0 aliphatic heterocycles. The predicted molar refractivity (Wildman–Crippen MR) is 42.0 cm³/mol. The van der Waals surface area contributed by atoms with E-state index in [1.54, 1.807) is 0 Å². The Labute approximate surface area is 68.9 Å². The summed E-state index contributed by atoms with van der Waals surface area (Å²) in [7, 11) is 0. The van der Waals surface area contributed by atoms with Gasteiger partial charge in [-0.1, -0.05) is 30.3 Å². The molecule has 0 aliphatic carbocycles. The van der Waals surface area contributed by atoms with Crippen LogP contribution < -0.4 is 0 Å². The third-order valence-corrected chi connectivity index (χ3v) is 1.23. The van der Waals surface area contributed by atoms with Gasteiger partial charge in [0.05, 0.1) is 5.03 Å². The zero-order valence-corrected chi connectivity index (χ0v) is 6.25. The average molecular weight is 165 g/mol. The number of nitrogens with zero attached hydrogens (tertiary/aromatic N) is 3. The van der Waals surface area contributed by atoms with Crippen molar-refractivity contribution in [3.8, 4) is 0 Å². The molecule has 0 radical (unpaired) electrons. The molecular formula is C7H7N3O2. The van der Waals surface area contributed by atoms with Gasteiger partial charge in [-0.05, 0) is 5.56 Å². The Hall–Kier alpha value is -1.78. The van der Waals surface area contributed by atoms with Crippen molar-refractivity contribution in [2.45, 2.75) is 6.54 Å². The first kappa shape index (κ1) is 8.32. The molecule has 0 aliphatic rings. The molecule has 5 heteroatoms. The van der Waals surface area contributed by atoms with Crippen molar-refractivity contribution < 1.29 is 5.03 Å². The summed E-state index contributed by atoms with van der Waals surface area (Å²) >= 11 is 0. The maximum atomic E-state index is 9.73. The highest BCUT2D eigenvalue weighted by atomic mass is 16.7. The summed E-state index contributed by atoms with van der Waals surface area (Å²) < 4.78 is 0. The van der Waals surface area contributed by atoms with Gasteiger partial charge in [-0.2, -0.15) is 0 Å². The Balaban J connectivity index is 2.49. The van der Waals surface area contributed by atoms with Gasteiger partial charge < -0.3 is 10.1 Å². The van der Waals surface area contributed by atoms with Crippen molar-refractivity contribution in [1.82, 2.24) is 0 Å². The van der Waals surface area contributed by atoms with Crippen molar-refractivity contribution in [3.63, 3.8) is 0 Å². The van der Waals surface area contributed by atoms with Gasteiger partial charge in [0.25, 0.3) is 0 Å². The summed E-state index contributed by atoms with van der Waals surface area (Å²) in [5.74, 6) is 0. The van der Waals surface area contributed by atoms with Crippen LogP contribution in [0.2, 0.25) is 0 Å². The predicted octanol–water partition coefficient (Wildman–Crippen LogP) is 1.83. The van der Waals surface area contributed by atoms with Crippen LogP contribution in [0, 0.1) is 10.1 Å². The van der Waals surface area contributed by atoms with Gasteiger partial charge in [-0.25, -0.2) is 0 Å². The van der Waals surface area contributed by atoms with Crippen LogP contribution in [0.25, 0.3) is 0 Å². The van der Waals surface area contributed by atoms with Crippen molar-refractivity contribution >= 4 is 0 Å². The monoisotopic (exact) mass is 165 g/mol. The maximum absolute atomic E-state index is 9.73. The molecule has 0 saturated heterocycles. The Morgan fingerprint density at radius 1 is 1.33 bits per heavy atom. The van der Waals surface area contributed by atoms with Crippen LogP contribution in [-0.4, -0.2) is 5.03 Å². The van der Waals surface area contributed by atoms with E-state index in [2.05, 4.69) is 10.3 Å². The normalized spacial score (nSPS) is 10.3. The van der Waals surface area contributed by atoms with E-state index < -0.39 is 5.03 Å². The Morgan fingerprint density at radius 3 is 2.58 bits per heavy atom. The van der Waals surface area contributed by atoms with E-state index in [-0.39, 0.29) is 6.54 Å². The molecule has 62 valence electrons. The average Bonchev–Trinajstić information content (AvgIpc) is 2.05. The van der Waals surface area contributed by atoms with Crippen LogP contribution in [0.3, 0.4) is 0 Å². The topological polar surface area (TPSA) is 67.9 Å². The number of benzene rings is 1. The van der Waals surface area contributed by atoms with Gasteiger partial charge in [-0.15, -0.1) is 0 Å². The van der Waals surface area contributed by atoms with Crippen molar-refractivity contribution in [1.29, 1.82) is 0 Å². The first-order valence-corrected chi connectivity index (χ1v) is 3.35. The van der Waals surface area contributed by atoms with E-state index in [4.69, 9.17) is 0 Å². The van der Waals surface area contributed by atoms with Crippen molar-refractivity contribution in [3.05, 3.63) is 46.0 Å². The van der Waals surface area contributed by atoms with Gasteiger partial charge in [0.1, 0.15) is 0 Å². The second-order valence-corrected chi connectivity index (χ2v) is 2.11. The van der Waals surface area contributed by atoms with Gasteiger partial charge in [0.2, 0.25) is 0 Å². The summed E-state index contributed by atoms with van der Waals surface area (Å²) in [5, 5.41) is 15.1. The lowest BCUT2D eigenvalue weighted by atomic mass is 10.2. The van der Waals surface area contributed by atoms with Gasteiger partial charge >= 0.3 is 0 Å². The highest BCUT2D eigenvalue weighted by Crippen LogP contribution is 1.99. The fraction of sp³-hybridized carbons (Fsp3) is 0.143. The summed E-state index contributed by atoms with van der Waals surface area (Å²) in [6.45, 7) is 0.252. The first-order chi connectivity index (χ1) is 5.79. The molecule has 0 bridgehead atoms. The van der Waals surface area contributed by atoms with E-state index in [1.165, 1.54) is 0 Å².